The number of aromatic nitrogens is 2. The van der Waals surface area contributed by atoms with Crippen molar-refractivity contribution in [1.29, 1.82) is 0 Å². The molecule has 156 valence electrons. The lowest BCUT2D eigenvalue weighted by Gasteiger charge is -2.36. The van der Waals surface area contributed by atoms with Crippen LogP contribution in [0.5, 0.6) is 0 Å². The van der Waals surface area contributed by atoms with E-state index in [1.165, 1.54) is 32.1 Å². The SMILES string of the molecule is CC(C)CNC(=S)Nc1nc(N2CCC[C@H](C)C2)cc(N2CCCC[C@H]2C)n1. The summed E-state index contributed by atoms with van der Waals surface area (Å²) in [6.07, 6.45) is 6.26. The van der Waals surface area contributed by atoms with Crippen molar-refractivity contribution >= 4 is 34.9 Å². The Hall–Kier alpha value is -1.63. The number of piperidine rings is 2. The van der Waals surface area contributed by atoms with E-state index >= 15 is 0 Å². The van der Waals surface area contributed by atoms with Crippen LogP contribution in [0.1, 0.15) is 59.8 Å². The minimum Gasteiger partial charge on any atom is -0.362 e. The van der Waals surface area contributed by atoms with E-state index in [1.54, 1.807) is 0 Å². The lowest BCUT2D eigenvalue weighted by atomic mass is 10.0. The molecule has 1 aromatic heterocycles. The summed E-state index contributed by atoms with van der Waals surface area (Å²) >= 11 is 5.47. The summed E-state index contributed by atoms with van der Waals surface area (Å²) in [5, 5.41) is 7.08. The summed E-state index contributed by atoms with van der Waals surface area (Å²) in [6.45, 7) is 13.0. The molecular weight excluding hydrogens is 368 g/mol. The molecule has 7 heteroatoms. The Balaban J connectivity index is 1.84. The van der Waals surface area contributed by atoms with E-state index in [9.17, 15) is 0 Å². The zero-order valence-corrected chi connectivity index (χ0v) is 18.7. The molecule has 0 bridgehead atoms. The normalized spacial score (nSPS) is 23.0. The average molecular weight is 405 g/mol. The highest BCUT2D eigenvalue weighted by Gasteiger charge is 2.24. The van der Waals surface area contributed by atoms with Crippen LogP contribution >= 0.6 is 12.2 Å². The van der Waals surface area contributed by atoms with Gasteiger partial charge in [-0.25, -0.2) is 0 Å². The number of nitrogens with zero attached hydrogens (tertiary/aromatic N) is 4. The standard InChI is InChI=1S/C21H36N6S/c1-15(2)13-22-21(28)25-20-23-18(26-10-7-8-16(3)14-26)12-19(24-20)27-11-6-5-9-17(27)4/h12,15-17H,5-11,13-14H2,1-4H3,(H2,22,23,24,25,28)/t16-,17+/m0/s1. The van der Waals surface area contributed by atoms with Gasteiger partial charge in [-0.3, -0.25) is 0 Å². The Morgan fingerprint density at radius 2 is 1.93 bits per heavy atom. The smallest absolute Gasteiger partial charge is 0.232 e. The molecule has 2 N–H and O–H groups in total. The van der Waals surface area contributed by atoms with Crippen molar-refractivity contribution in [1.82, 2.24) is 15.3 Å². The van der Waals surface area contributed by atoms with Crippen LogP contribution in [0, 0.1) is 11.8 Å². The van der Waals surface area contributed by atoms with E-state index in [2.05, 4.69) is 54.2 Å². The molecule has 0 amide bonds. The van der Waals surface area contributed by atoms with Crippen molar-refractivity contribution in [3.8, 4) is 0 Å². The predicted molar refractivity (Wildman–Crippen MR) is 122 cm³/mol. The van der Waals surface area contributed by atoms with E-state index in [-0.39, 0.29) is 0 Å². The Labute approximate surface area is 175 Å². The van der Waals surface area contributed by atoms with Gasteiger partial charge in [0.15, 0.2) is 5.11 Å². The maximum Gasteiger partial charge on any atom is 0.232 e. The third-order valence-electron chi connectivity index (χ3n) is 5.67. The van der Waals surface area contributed by atoms with Gasteiger partial charge >= 0.3 is 0 Å². The highest BCUT2D eigenvalue weighted by Crippen LogP contribution is 2.29. The molecule has 28 heavy (non-hydrogen) atoms. The van der Waals surface area contributed by atoms with Crippen LogP contribution < -0.4 is 20.4 Å². The second-order valence-electron chi connectivity index (χ2n) is 8.87. The molecule has 0 radical (unpaired) electrons. The number of anilines is 3. The molecule has 3 heterocycles. The molecule has 0 aliphatic carbocycles. The topological polar surface area (TPSA) is 56.3 Å². The van der Waals surface area contributed by atoms with Gasteiger partial charge in [-0.2, -0.15) is 9.97 Å². The second-order valence-corrected chi connectivity index (χ2v) is 9.28. The van der Waals surface area contributed by atoms with Crippen LogP contribution in [0.25, 0.3) is 0 Å². The predicted octanol–water partition coefficient (Wildman–Crippen LogP) is 4.03. The Morgan fingerprint density at radius 3 is 2.64 bits per heavy atom. The molecule has 0 spiro atoms. The van der Waals surface area contributed by atoms with Gasteiger partial charge < -0.3 is 20.4 Å². The van der Waals surface area contributed by atoms with Gasteiger partial charge in [-0.1, -0.05) is 20.8 Å². The maximum absolute atomic E-state index is 5.47. The summed E-state index contributed by atoms with van der Waals surface area (Å²) < 4.78 is 0. The van der Waals surface area contributed by atoms with Gasteiger partial charge in [-0.05, 0) is 63.1 Å². The van der Waals surface area contributed by atoms with E-state index in [4.69, 9.17) is 22.2 Å². The van der Waals surface area contributed by atoms with Crippen molar-refractivity contribution in [3.05, 3.63) is 6.07 Å². The fourth-order valence-electron chi connectivity index (χ4n) is 4.07. The van der Waals surface area contributed by atoms with Gasteiger partial charge in [0, 0.05) is 38.3 Å². The Kier molecular flexibility index (Phi) is 7.32. The van der Waals surface area contributed by atoms with Gasteiger partial charge in [0.1, 0.15) is 11.6 Å². The van der Waals surface area contributed by atoms with Gasteiger partial charge in [0.25, 0.3) is 0 Å². The molecule has 2 fully saturated rings. The quantitative estimate of drug-likeness (QED) is 0.719. The molecule has 2 saturated heterocycles. The minimum absolute atomic E-state index is 0.510. The van der Waals surface area contributed by atoms with Crippen LogP contribution in [-0.2, 0) is 0 Å². The van der Waals surface area contributed by atoms with Crippen molar-refractivity contribution in [2.75, 3.05) is 41.3 Å². The van der Waals surface area contributed by atoms with Gasteiger partial charge in [0.05, 0.1) is 0 Å². The summed E-state index contributed by atoms with van der Waals surface area (Å²) in [6, 6.07) is 2.69. The molecule has 2 aliphatic heterocycles. The average Bonchev–Trinajstić information content (AvgIpc) is 2.66. The molecule has 6 nitrogen and oxygen atoms in total. The fourth-order valence-corrected chi connectivity index (χ4v) is 4.24. The Morgan fingerprint density at radius 1 is 1.14 bits per heavy atom. The molecule has 1 aromatic rings. The number of thiocarbonyl (C=S) groups is 1. The van der Waals surface area contributed by atoms with E-state index < -0.39 is 0 Å². The lowest BCUT2D eigenvalue weighted by molar-refractivity contribution is 0.444. The molecule has 0 unspecified atom stereocenters. The third-order valence-corrected chi connectivity index (χ3v) is 5.92. The first-order chi connectivity index (χ1) is 13.4. The molecule has 2 atom stereocenters. The maximum atomic E-state index is 5.47. The second kappa shape index (κ2) is 9.72. The lowest BCUT2D eigenvalue weighted by Crippen LogP contribution is -2.39. The fraction of sp³-hybridized carbons (Fsp3) is 0.762. The van der Waals surface area contributed by atoms with E-state index in [0.29, 0.717) is 28.9 Å². The summed E-state index contributed by atoms with van der Waals surface area (Å²) in [5.74, 6) is 3.87. The van der Waals surface area contributed by atoms with Gasteiger partial charge in [-0.15, -0.1) is 0 Å². The zero-order valence-electron chi connectivity index (χ0n) is 17.9. The molecule has 0 aromatic carbocycles. The van der Waals surface area contributed by atoms with Crippen LogP contribution in [0.3, 0.4) is 0 Å². The highest BCUT2D eigenvalue weighted by molar-refractivity contribution is 7.80. The van der Waals surface area contributed by atoms with Crippen LogP contribution in [0.2, 0.25) is 0 Å². The van der Waals surface area contributed by atoms with Crippen molar-refractivity contribution in [2.45, 2.75) is 65.8 Å². The Bertz CT molecular complexity index is 664. The van der Waals surface area contributed by atoms with Crippen LogP contribution in [0.15, 0.2) is 6.07 Å². The zero-order chi connectivity index (χ0) is 20.1. The monoisotopic (exact) mass is 404 g/mol. The number of nitrogens with one attached hydrogen (secondary N) is 2. The van der Waals surface area contributed by atoms with Crippen LogP contribution in [0.4, 0.5) is 17.6 Å². The van der Waals surface area contributed by atoms with E-state index in [1.807, 2.05) is 0 Å². The van der Waals surface area contributed by atoms with E-state index in [0.717, 1.165) is 37.8 Å². The summed E-state index contributed by atoms with van der Waals surface area (Å²) in [7, 11) is 0. The summed E-state index contributed by atoms with van der Waals surface area (Å²) in [4.78, 5) is 14.5. The molecule has 0 saturated carbocycles. The first-order valence-corrected chi connectivity index (χ1v) is 11.3. The summed E-state index contributed by atoms with van der Waals surface area (Å²) in [5.41, 5.74) is 0. The minimum atomic E-state index is 0.510. The number of hydrogen-bond acceptors (Lipinski definition) is 5. The van der Waals surface area contributed by atoms with Gasteiger partial charge in [0.2, 0.25) is 5.95 Å². The molecule has 3 rings (SSSR count). The third kappa shape index (κ3) is 5.69. The highest BCUT2D eigenvalue weighted by atomic mass is 32.1. The van der Waals surface area contributed by atoms with Crippen LogP contribution in [-0.4, -0.2) is 47.3 Å². The molecule has 2 aliphatic rings. The first kappa shape index (κ1) is 21.1. The van der Waals surface area contributed by atoms with Crippen molar-refractivity contribution < 1.29 is 0 Å². The van der Waals surface area contributed by atoms with Crippen molar-refractivity contribution in [2.24, 2.45) is 11.8 Å². The largest absolute Gasteiger partial charge is 0.362 e. The van der Waals surface area contributed by atoms with Crippen molar-refractivity contribution in [3.63, 3.8) is 0 Å². The number of hydrogen-bond donors (Lipinski definition) is 2. The first-order valence-electron chi connectivity index (χ1n) is 10.9. The molecular formula is C21H36N6S. The number of rotatable bonds is 5.